The van der Waals surface area contributed by atoms with E-state index in [1.54, 1.807) is 12.1 Å². The molecule has 0 saturated heterocycles. The predicted octanol–water partition coefficient (Wildman–Crippen LogP) is 3.54. The number of likely N-dealkylation sites (N-methyl/N-ethyl adjacent to an activating group) is 1. The molecule has 1 nitrogen and oxygen atoms in total. The number of rotatable bonds is 4. The van der Waals surface area contributed by atoms with Crippen molar-refractivity contribution in [3.63, 3.8) is 0 Å². The van der Waals surface area contributed by atoms with E-state index < -0.39 is 0 Å². The van der Waals surface area contributed by atoms with E-state index in [9.17, 15) is 4.39 Å². The van der Waals surface area contributed by atoms with Crippen molar-refractivity contribution in [3.05, 3.63) is 35.6 Å². The predicted molar refractivity (Wildman–Crippen MR) is 69.5 cm³/mol. The lowest BCUT2D eigenvalue weighted by atomic mass is 9.81. The van der Waals surface area contributed by atoms with E-state index in [0.29, 0.717) is 6.04 Å². The molecule has 1 aliphatic rings. The maximum atomic E-state index is 13.1. The lowest BCUT2D eigenvalue weighted by molar-refractivity contribution is 0.276. The van der Waals surface area contributed by atoms with Crippen molar-refractivity contribution >= 4 is 0 Å². The van der Waals surface area contributed by atoms with Gasteiger partial charge in [0.2, 0.25) is 0 Å². The molecule has 0 heterocycles. The Kier molecular flexibility index (Phi) is 4.55. The van der Waals surface area contributed by atoms with Gasteiger partial charge in [0.15, 0.2) is 0 Å². The number of hydrogen-bond donors (Lipinski definition) is 1. The molecule has 2 rings (SSSR count). The fraction of sp³-hybridized carbons (Fsp3) is 0.600. The fourth-order valence-electron chi connectivity index (χ4n) is 2.96. The van der Waals surface area contributed by atoms with E-state index in [4.69, 9.17) is 0 Å². The van der Waals surface area contributed by atoms with Gasteiger partial charge >= 0.3 is 0 Å². The standard InChI is InChI=1S/C15H22FN/c1-17-15(13-7-3-2-4-8-13)11-12-6-5-9-14(16)10-12/h5-6,9-10,13,15,17H,2-4,7-8,11H2,1H3. The molecule has 1 fully saturated rings. The van der Waals surface area contributed by atoms with Crippen LogP contribution in [-0.2, 0) is 6.42 Å². The van der Waals surface area contributed by atoms with Crippen LogP contribution in [0.5, 0.6) is 0 Å². The van der Waals surface area contributed by atoms with Crippen LogP contribution in [0.15, 0.2) is 24.3 Å². The van der Waals surface area contributed by atoms with E-state index in [1.165, 1.54) is 38.2 Å². The Hall–Kier alpha value is -0.890. The third-order valence-electron chi connectivity index (χ3n) is 3.93. The summed E-state index contributed by atoms with van der Waals surface area (Å²) < 4.78 is 13.1. The van der Waals surface area contributed by atoms with Crippen LogP contribution in [0.1, 0.15) is 37.7 Å². The molecule has 94 valence electrons. The highest BCUT2D eigenvalue weighted by Gasteiger charge is 2.22. The number of halogens is 1. The highest BCUT2D eigenvalue weighted by molar-refractivity contribution is 5.17. The first-order valence-electron chi connectivity index (χ1n) is 6.71. The first-order chi connectivity index (χ1) is 8.29. The second-order valence-corrected chi connectivity index (χ2v) is 5.13. The second kappa shape index (κ2) is 6.15. The van der Waals surface area contributed by atoms with Crippen LogP contribution in [0, 0.1) is 11.7 Å². The summed E-state index contributed by atoms with van der Waals surface area (Å²) >= 11 is 0. The van der Waals surface area contributed by atoms with Crippen LogP contribution in [0.25, 0.3) is 0 Å². The topological polar surface area (TPSA) is 12.0 Å². The Morgan fingerprint density at radius 2 is 2.06 bits per heavy atom. The Labute approximate surface area is 103 Å². The molecule has 1 aliphatic carbocycles. The quantitative estimate of drug-likeness (QED) is 0.841. The largest absolute Gasteiger partial charge is 0.316 e. The molecule has 1 unspecified atom stereocenters. The number of nitrogens with one attached hydrogen (secondary N) is 1. The van der Waals surface area contributed by atoms with Gasteiger partial charge in [-0.1, -0.05) is 31.4 Å². The van der Waals surface area contributed by atoms with Gasteiger partial charge in [-0.3, -0.25) is 0 Å². The van der Waals surface area contributed by atoms with Gasteiger partial charge in [-0.15, -0.1) is 0 Å². The van der Waals surface area contributed by atoms with E-state index in [1.807, 2.05) is 13.1 Å². The molecule has 2 heteroatoms. The normalized spacial score (nSPS) is 19.2. The smallest absolute Gasteiger partial charge is 0.123 e. The summed E-state index contributed by atoms with van der Waals surface area (Å²) in [7, 11) is 2.03. The van der Waals surface area contributed by atoms with Gasteiger partial charge in [0, 0.05) is 6.04 Å². The molecular formula is C15H22FN. The zero-order chi connectivity index (χ0) is 12.1. The highest BCUT2D eigenvalue weighted by atomic mass is 19.1. The molecule has 0 radical (unpaired) electrons. The van der Waals surface area contributed by atoms with Gasteiger partial charge in [0.05, 0.1) is 0 Å². The fourth-order valence-corrected chi connectivity index (χ4v) is 2.96. The van der Waals surface area contributed by atoms with Crippen molar-refractivity contribution < 1.29 is 4.39 Å². The lowest BCUT2D eigenvalue weighted by Crippen LogP contribution is -2.36. The first kappa shape index (κ1) is 12.6. The van der Waals surface area contributed by atoms with Crippen molar-refractivity contribution in [1.29, 1.82) is 0 Å². The van der Waals surface area contributed by atoms with Gasteiger partial charge in [-0.25, -0.2) is 4.39 Å². The zero-order valence-electron chi connectivity index (χ0n) is 10.6. The Morgan fingerprint density at radius 3 is 2.71 bits per heavy atom. The average Bonchev–Trinajstić information content (AvgIpc) is 2.37. The van der Waals surface area contributed by atoms with Gasteiger partial charge in [-0.2, -0.15) is 0 Å². The molecule has 1 saturated carbocycles. The molecule has 1 aromatic rings. The van der Waals surface area contributed by atoms with Crippen LogP contribution in [-0.4, -0.2) is 13.1 Å². The maximum absolute atomic E-state index is 13.1. The van der Waals surface area contributed by atoms with Gasteiger partial charge < -0.3 is 5.32 Å². The van der Waals surface area contributed by atoms with Gasteiger partial charge in [0.1, 0.15) is 5.82 Å². The van der Waals surface area contributed by atoms with Crippen molar-refractivity contribution in [2.75, 3.05) is 7.05 Å². The molecular weight excluding hydrogens is 213 g/mol. The number of hydrogen-bond acceptors (Lipinski definition) is 1. The molecule has 1 N–H and O–H groups in total. The van der Waals surface area contributed by atoms with Crippen molar-refractivity contribution in [2.24, 2.45) is 5.92 Å². The van der Waals surface area contributed by atoms with Crippen LogP contribution in [0.4, 0.5) is 4.39 Å². The van der Waals surface area contributed by atoms with E-state index in [2.05, 4.69) is 5.32 Å². The van der Waals surface area contributed by atoms with Crippen LogP contribution in [0.2, 0.25) is 0 Å². The summed E-state index contributed by atoms with van der Waals surface area (Å²) in [5, 5.41) is 3.42. The molecule has 0 aromatic heterocycles. The minimum Gasteiger partial charge on any atom is -0.316 e. The molecule has 1 aromatic carbocycles. The summed E-state index contributed by atoms with van der Waals surface area (Å²) in [6.45, 7) is 0. The summed E-state index contributed by atoms with van der Waals surface area (Å²) in [6.07, 6.45) is 7.67. The first-order valence-corrected chi connectivity index (χ1v) is 6.71. The summed E-state index contributed by atoms with van der Waals surface area (Å²) in [5.41, 5.74) is 1.11. The average molecular weight is 235 g/mol. The minimum atomic E-state index is -0.124. The monoisotopic (exact) mass is 235 g/mol. The Morgan fingerprint density at radius 1 is 1.29 bits per heavy atom. The third-order valence-corrected chi connectivity index (χ3v) is 3.93. The van der Waals surface area contributed by atoms with E-state index in [0.717, 1.165) is 17.9 Å². The second-order valence-electron chi connectivity index (χ2n) is 5.13. The van der Waals surface area contributed by atoms with Crippen molar-refractivity contribution in [1.82, 2.24) is 5.32 Å². The minimum absolute atomic E-state index is 0.124. The van der Waals surface area contributed by atoms with E-state index in [-0.39, 0.29) is 5.82 Å². The van der Waals surface area contributed by atoms with Crippen LogP contribution >= 0.6 is 0 Å². The molecule has 0 amide bonds. The Balaban J connectivity index is 1.98. The maximum Gasteiger partial charge on any atom is 0.123 e. The Bertz CT molecular complexity index is 345. The number of benzene rings is 1. The summed E-state index contributed by atoms with van der Waals surface area (Å²) in [4.78, 5) is 0. The van der Waals surface area contributed by atoms with Gasteiger partial charge in [0.25, 0.3) is 0 Å². The van der Waals surface area contributed by atoms with Crippen LogP contribution < -0.4 is 5.32 Å². The molecule has 1 atom stereocenters. The van der Waals surface area contributed by atoms with Crippen LogP contribution in [0.3, 0.4) is 0 Å². The summed E-state index contributed by atoms with van der Waals surface area (Å²) in [6, 6.07) is 7.50. The molecule has 0 spiro atoms. The van der Waals surface area contributed by atoms with E-state index >= 15 is 0 Å². The van der Waals surface area contributed by atoms with Crippen molar-refractivity contribution in [3.8, 4) is 0 Å². The highest BCUT2D eigenvalue weighted by Crippen LogP contribution is 2.27. The molecule has 0 aliphatic heterocycles. The summed E-state index contributed by atoms with van der Waals surface area (Å²) in [5.74, 6) is 0.637. The molecule has 0 bridgehead atoms. The zero-order valence-corrected chi connectivity index (χ0v) is 10.6. The third kappa shape index (κ3) is 3.53. The SMILES string of the molecule is CNC(Cc1cccc(F)c1)C1CCCCC1. The molecule has 17 heavy (non-hydrogen) atoms. The van der Waals surface area contributed by atoms with Crippen molar-refractivity contribution in [2.45, 2.75) is 44.6 Å². The van der Waals surface area contributed by atoms with Gasteiger partial charge in [-0.05, 0) is 49.9 Å². The lowest BCUT2D eigenvalue weighted by Gasteiger charge is -2.30.